The van der Waals surface area contributed by atoms with Crippen molar-refractivity contribution in [3.05, 3.63) is 64.7 Å². The average Bonchev–Trinajstić information content (AvgIpc) is 3.17. The second-order valence-electron chi connectivity index (χ2n) is 7.62. The Morgan fingerprint density at radius 3 is 2.59 bits per heavy atom. The number of benzene rings is 2. The summed E-state index contributed by atoms with van der Waals surface area (Å²) in [5.41, 5.74) is 0.228. The zero-order valence-corrected chi connectivity index (χ0v) is 18.0. The Kier molecular flexibility index (Phi) is 3.36. The topological polar surface area (TPSA) is 79.4 Å². The minimum atomic E-state index is -3.18. The van der Waals surface area contributed by atoms with E-state index in [1.54, 1.807) is 0 Å². The first-order chi connectivity index (χ1) is 21.3. The molecule has 34 heavy (non-hydrogen) atoms. The van der Waals surface area contributed by atoms with Crippen LogP contribution in [0.15, 0.2) is 42.5 Å². The Morgan fingerprint density at radius 2 is 1.82 bits per heavy atom. The number of morpholine rings is 1. The molecule has 2 fully saturated rings. The minimum absolute atomic E-state index is 0.120. The first-order valence-corrected chi connectivity index (χ1v) is 10.3. The lowest BCUT2D eigenvalue weighted by molar-refractivity contribution is -0.150. The standard InChI is InChI=1S/C26H29N3O5/c1-27-24(30)10-9-22(26(27)32)29-16-21-20(25(29)31)3-2-4-23(21)34-17-19-7-5-18(6-8-19)15-28-11-13-33-14-12-28/h2-8,22H,9-17H2,1H3/t22-/m0/s1/i10D2,11D2,12D2,13D2,14D2,16D2,22D. The summed E-state index contributed by atoms with van der Waals surface area (Å²) in [6, 6.07) is 7.15. The Bertz CT molecular complexity index is 1630. The molecule has 2 aromatic carbocycles. The van der Waals surface area contributed by atoms with Gasteiger partial charge in [0.1, 0.15) is 18.4 Å². The molecule has 0 unspecified atom stereocenters. The zero-order chi connectivity index (χ0) is 35.3. The highest BCUT2D eigenvalue weighted by Gasteiger charge is 2.42. The van der Waals surface area contributed by atoms with E-state index >= 15 is 0 Å². The second kappa shape index (κ2) is 9.56. The summed E-state index contributed by atoms with van der Waals surface area (Å²) in [5, 5.41) is 0. The van der Waals surface area contributed by atoms with Gasteiger partial charge in [-0.25, -0.2) is 0 Å². The molecular weight excluding hydrogens is 434 g/mol. The number of hydrogen-bond acceptors (Lipinski definition) is 6. The maximum atomic E-state index is 13.5. The van der Waals surface area contributed by atoms with Gasteiger partial charge in [-0.1, -0.05) is 30.3 Å². The van der Waals surface area contributed by atoms with E-state index < -0.39 is 75.7 Å². The fourth-order valence-corrected chi connectivity index (χ4v) is 3.61. The number of carbonyl (C=O) groups excluding carboxylic acids is 3. The molecule has 1 atom stereocenters. The normalized spacial score (nSPS) is 37.9. The number of hydrogen-bond donors (Lipinski definition) is 0. The monoisotopic (exact) mass is 476 g/mol. The van der Waals surface area contributed by atoms with Crippen LogP contribution < -0.4 is 4.74 Å². The van der Waals surface area contributed by atoms with Crippen molar-refractivity contribution >= 4 is 17.7 Å². The fraction of sp³-hybridized carbons (Fsp3) is 0.423. The lowest BCUT2D eigenvalue weighted by atomic mass is 10.0. The number of amides is 3. The van der Waals surface area contributed by atoms with E-state index in [2.05, 4.69) is 4.74 Å². The molecule has 3 amide bonds. The SMILES string of the molecule is [2H]C1([2H])C[C@]([2H])(N2C(=O)c3cccc(OCc4ccc(CN5C([2H])([2H])C([2H])([2H])OC([2H])([2H])C5([2H])[2H])cc4)c3C2([2H])[2H])C(=O)N(C)C1=O. The third-order valence-corrected chi connectivity index (χ3v) is 5.44. The smallest absolute Gasteiger partial charge is 0.255 e. The molecule has 178 valence electrons. The second-order valence-corrected chi connectivity index (χ2v) is 7.62. The van der Waals surface area contributed by atoms with Crippen LogP contribution in [0, 0.1) is 0 Å². The first-order valence-electron chi connectivity index (χ1n) is 16.8. The summed E-state index contributed by atoms with van der Waals surface area (Å²) in [6.45, 7) is -16.1. The Labute approximate surface area is 217 Å². The van der Waals surface area contributed by atoms with Gasteiger partial charge in [0, 0.05) is 52.3 Å². The summed E-state index contributed by atoms with van der Waals surface area (Å²) >= 11 is 0. The number of fused-ring (bicyclic) bond motifs is 1. The van der Waals surface area contributed by atoms with Gasteiger partial charge >= 0.3 is 0 Å². The molecule has 3 aliphatic heterocycles. The van der Waals surface area contributed by atoms with Gasteiger partial charge in [-0.15, -0.1) is 0 Å². The summed E-state index contributed by atoms with van der Waals surface area (Å²) < 4.78 is 117. The molecule has 2 aromatic rings. The van der Waals surface area contributed by atoms with Crippen LogP contribution >= 0.6 is 0 Å². The molecule has 3 aliphatic rings. The number of imide groups is 1. The highest BCUT2D eigenvalue weighted by atomic mass is 16.5. The molecule has 0 N–H and O–H groups in total. The average molecular weight is 477 g/mol. The molecule has 0 radical (unpaired) electrons. The van der Waals surface area contributed by atoms with Crippen molar-refractivity contribution in [2.75, 3.05) is 33.2 Å². The summed E-state index contributed by atoms with van der Waals surface area (Å²) in [6.07, 6.45) is -3.82. The predicted molar refractivity (Wildman–Crippen MR) is 124 cm³/mol. The van der Waals surface area contributed by atoms with E-state index in [9.17, 15) is 14.4 Å². The van der Waals surface area contributed by atoms with Crippen LogP contribution in [-0.4, -0.2) is 71.6 Å². The van der Waals surface area contributed by atoms with Crippen molar-refractivity contribution in [2.24, 2.45) is 0 Å². The molecule has 0 bridgehead atoms. The summed E-state index contributed by atoms with van der Waals surface area (Å²) in [7, 11) is 0.956. The van der Waals surface area contributed by atoms with Gasteiger partial charge in [0.15, 0.2) is 0 Å². The third kappa shape index (κ3) is 4.43. The van der Waals surface area contributed by atoms with E-state index in [4.69, 9.17) is 22.6 Å². The van der Waals surface area contributed by atoms with Crippen LogP contribution in [-0.2, 0) is 34.0 Å². The highest BCUT2D eigenvalue weighted by Crippen LogP contribution is 2.34. The van der Waals surface area contributed by atoms with Gasteiger partial charge in [0.05, 0.1) is 29.2 Å². The van der Waals surface area contributed by atoms with Crippen LogP contribution in [0.3, 0.4) is 0 Å². The number of likely N-dealkylation sites (tertiary alicyclic amines) is 1. The van der Waals surface area contributed by atoms with Gasteiger partial charge in [-0.05, 0) is 29.7 Å². The van der Waals surface area contributed by atoms with Crippen LogP contribution in [0.4, 0.5) is 0 Å². The quantitative estimate of drug-likeness (QED) is 0.595. The molecule has 0 aromatic heterocycles. The minimum Gasteiger partial charge on any atom is -0.489 e. The van der Waals surface area contributed by atoms with Crippen LogP contribution in [0.25, 0.3) is 0 Å². The molecule has 5 rings (SSSR count). The van der Waals surface area contributed by atoms with Crippen LogP contribution in [0.1, 0.15) is 57.7 Å². The number of likely N-dealkylation sites (N-methyl/N-ethyl adjacent to an activating group) is 1. The summed E-state index contributed by atoms with van der Waals surface area (Å²) in [4.78, 5) is 39.9. The molecular formula is C26H29N3O5. The highest BCUT2D eigenvalue weighted by molar-refractivity contribution is 6.05. The number of ether oxygens (including phenoxy) is 2. The van der Waals surface area contributed by atoms with Crippen LogP contribution in [0.5, 0.6) is 5.75 Å². The van der Waals surface area contributed by atoms with Crippen molar-refractivity contribution in [1.29, 1.82) is 0 Å². The molecule has 8 heteroatoms. The lowest BCUT2D eigenvalue weighted by Gasteiger charge is -2.33. The largest absolute Gasteiger partial charge is 0.489 e. The Balaban J connectivity index is 1.37. The molecule has 8 nitrogen and oxygen atoms in total. The van der Waals surface area contributed by atoms with Crippen molar-refractivity contribution in [3.63, 3.8) is 0 Å². The van der Waals surface area contributed by atoms with Gasteiger partial charge in [-0.3, -0.25) is 24.2 Å². The van der Waals surface area contributed by atoms with Crippen molar-refractivity contribution in [2.45, 2.75) is 38.5 Å². The first kappa shape index (κ1) is 12.0. The molecule has 2 saturated heterocycles. The number of nitrogens with zero attached hydrogens (tertiary/aromatic N) is 3. The van der Waals surface area contributed by atoms with E-state index in [0.29, 0.717) is 20.3 Å². The predicted octanol–water partition coefficient (Wildman–Crippen LogP) is 2.20. The Hall–Kier alpha value is -3.23. The maximum Gasteiger partial charge on any atom is 0.255 e. The van der Waals surface area contributed by atoms with E-state index in [-0.39, 0.29) is 29.0 Å². The maximum absolute atomic E-state index is 13.5. The number of rotatable bonds is 6. The van der Waals surface area contributed by atoms with Crippen LogP contribution in [0.2, 0.25) is 0 Å². The zero-order valence-electron chi connectivity index (χ0n) is 31.0. The van der Waals surface area contributed by atoms with Crippen molar-refractivity contribution < 1.29 is 41.7 Å². The molecule has 0 saturated carbocycles. The van der Waals surface area contributed by atoms with Gasteiger partial charge < -0.3 is 14.4 Å². The third-order valence-electron chi connectivity index (χ3n) is 5.44. The van der Waals surface area contributed by atoms with E-state index in [1.165, 1.54) is 42.5 Å². The van der Waals surface area contributed by atoms with E-state index in [0.717, 1.165) is 7.05 Å². The molecule has 0 aliphatic carbocycles. The van der Waals surface area contributed by atoms with Gasteiger partial charge in [0.2, 0.25) is 5.91 Å². The van der Waals surface area contributed by atoms with Gasteiger partial charge in [0.25, 0.3) is 11.8 Å². The molecule has 0 spiro atoms. The van der Waals surface area contributed by atoms with E-state index in [1.807, 2.05) is 0 Å². The van der Waals surface area contributed by atoms with Gasteiger partial charge in [-0.2, -0.15) is 0 Å². The summed E-state index contributed by atoms with van der Waals surface area (Å²) in [5.74, 6) is -3.67. The van der Waals surface area contributed by atoms with Crippen molar-refractivity contribution in [1.82, 2.24) is 14.7 Å². The Morgan fingerprint density at radius 1 is 1.09 bits per heavy atom. The number of carbonyl (C=O) groups is 3. The lowest BCUT2D eigenvalue weighted by Crippen LogP contribution is -2.53. The molecule has 3 heterocycles. The fourth-order valence-electron chi connectivity index (χ4n) is 3.61. The number of piperidine rings is 1. The van der Waals surface area contributed by atoms with Crippen molar-refractivity contribution in [3.8, 4) is 5.75 Å².